The quantitative estimate of drug-likeness (QED) is 0.284. The number of ether oxygens (including phenoxy) is 1. The van der Waals surface area contributed by atoms with Crippen molar-refractivity contribution in [1.82, 2.24) is 0 Å². The average molecular weight is 448 g/mol. The fourth-order valence-corrected chi connectivity index (χ4v) is 4.52. The molecule has 5 rings (SSSR count). The van der Waals surface area contributed by atoms with Gasteiger partial charge in [-0.15, -0.1) is 0 Å². The van der Waals surface area contributed by atoms with Crippen molar-refractivity contribution in [2.45, 2.75) is 38.3 Å². The van der Waals surface area contributed by atoms with E-state index in [1.54, 1.807) is 0 Å². The number of para-hydroxylation sites is 1. The fourth-order valence-electron chi connectivity index (χ4n) is 4.52. The van der Waals surface area contributed by atoms with Gasteiger partial charge in [0.25, 0.3) is 0 Å². The first kappa shape index (κ1) is 22.0. The van der Waals surface area contributed by atoms with Crippen molar-refractivity contribution in [3.05, 3.63) is 120 Å². The highest BCUT2D eigenvalue weighted by Gasteiger charge is 2.39. The fraction of sp³-hybridized carbons (Fsp3) is 0.194. The van der Waals surface area contributed by atoms with Gasteiger partial charge in [-0.05, 0) is 47.7 Å². The van der Waals surface area contributed by atoms with Crippen LogP contribution in [-0.4, -0.2) is 11.9 Å². The molecule has 2 unspecified atom stereocenters. The largest absolute Gasteiger partial charge is 0.479 e. The van der Waals surface area contributed by atoms with Crippen LogP contribution < -0.4 is 10.1 Å². The predicted molar refractivity (Wildman–Crippen MR) is 138 cm³/mol. The minimum atomic E-state index is -0.625. The third kappa shape index (κ3) is 4.60. The van der Waals surface area contributed by atoms with Crippen molar-refractivity contribution >= 4 is 11.5 Å². The summed E-state index contributed by atoms with van der Waals surface area (Å²) in [5.41, 5.74) is 6.21. The number of carbonyl (C=O) groups excluding carboxylic acids is 1. The van der Waals surface area contributed by atoms with Crippen molar-refractivity contribution in [2.24, 2.45) is 0 Å². The highest BCUT2D eigenvalue weighted by atomic mass is 16.5. The van der Waals surface area contributed by atoms with Crippen LogP contribution in [-0.2, 0) is 6.42 Å². The van der Waals surface area contributed by atoms with Crippen LogP contribution in [0.15, 0.2) is 103 Å². The first-order chi connectivity index (χ1) is 16.7. The third-order valence-corrected chi connectivity index (χ3v) is 6.44. The van der Waals surface area contributed by atoms with Crippen LogP contribution in [0.2, 0.25) is 0 Å². The Kier molecular flexibility index (Phi) is 6.44. The molecule has 0 amide bonds. The molecular weight excluding hydrogens is 418 g/mol. The molecule has 0 saturated heterocycles. The summed E-state index contributed by atoms with van der Waals surface area (Å²) in [5, 5.41) is 3.57. The number of aryl methyl sites for hydroxylation is 1. The molecule has 0 radical (unpaired) electrons. The smallest absolute Gasteiger partial charge is 0.205 e. The summed E-state index contributed by atoms with van der Waals surface area (Å²) >= 11 is 0. The molecule has 0 bridgehead atoms. The maximum atomic E-state index is 13.6. The Morgan fingerprint density at radius 3 is 2.21 bits per heavy atom. The zero-order valence-electron chi connectivity index (χ0n) is 19.4. The number of benzene rings is 4. The monoisotopic (exact) mass is 447 g/mol. The van der Waals surface area contributed by atoms with E-state index < -0.39 is 6.10 Å². The number of nitrogens with one attached hydrogen (secondary N) is 1. The maximum absolute atomic E-state index is 13.6. The Balaban J connectivity index is 1.38. The van der Waals surface area contributed by atoms with Gasteiger partial charge < -0.3 is 10.1 Å². The van der Waals surface area contributed by atoms with Crippen LogP contribution in [0, 0.1) is 0 Å². The molecule has 0 fully saturated rings. The number of rotatable bonds is 8. The van der Waals surface area contributed by atoms with Gasteiger partial charge in [-0.1, -0.05) is 98.3 Å². The number of carbonyl (C=O) groups is 1. The second-order valence-corrected chi connectivity index (χ2v) is 8.81. The molecule has 3 nitrogen and oxygen atoms in total. The van der Waals surface area contributed by atoms with Crippen LogP contribution in [0.3, 0.4) is 0 Å². The Bertz CT molecular complexity index is 1250. The lowest BCUT2D eigenvalue weighted by Gasteiger charge is -2.21. The van der Waals surface area contributed by atoms with E-state index in [1.165, 1.54) is 18.4 Å². The van der Waals surface area contributed by atoms with E-state index in [9.17, 15) is 4.79 Å². The van der Waals surface area contributed by atoms with E-state index in [1.807, 2.05) is 66.7 Å². The first-order valence-electron chi connectivity index (χ1n) is 12.0. The Morgan fingerprint density at radius 1 is 0.794 bits per heavy atom. The van der Waals surface area contributed by atoms with E-state index in [4.69, 9.17) is 4.74 Å². The van der Waals surface area contributed by atoms with Crippen molar-refractivity contribution in [2.75, 3.05) is 5.32 Å². The molecule has 0 spiro atoms. The predicted octanol–water partition coefficient (Wildman–Crippen LogP) is 7.49. The molecule has 0 saturated carbocycles. The molecule has 0 aromatic heterocycles. The first-order valence-corrected chi connectivity index (χ1v) is 12.0. The molecule has 2 atom stereocenters. The summed E-state index contributed by atoms with van der Waals surface area (Å²) in [6.45, 7) is 2.21. The number of anilines is 1. The molecule has 1 aliphatic rings. The number of hydrogen-bond donors (Lipinski definition) is 1. The van der Waals surface area contributed by atoms with E-state index >= 15 is 0 Å². The molecule has 1 aliphatic heterocycles. The minimum Gasteiger partial charge on any atom is -0.479 e. The molecule has 4 aromatic carbocycles. The SMILES string of the molecule is CCCCc1ccc(NC2c3ccccc3OC2C(=O)c2ccc(-c3ccccc3)cc2)cc1. The van der Waals surface area contributed by atoms with Gasteiger partial charge in [-0.3, -0.25) is 4.79 Å². The van der Waals surface area contributed by atoms with Gasteiger partial charge in [0.15, 0.2) is 6.10 Å². The molecule has 3 heteroatoms. The standard InChI is InChI=1S/C31H29NO2/c1-2-3-9-22-14-20-26(21-15-22)32-29-27-12-7-8-13-28(27)34-31(29)30(33)25-18-16-24(17-19-25)23-10-5-4-6-11-23/h4-8,10-21,29,31-32H,2-3,9H2,1H3. The van der Waals surface area contributed by atoms with Crippen LogP contribution >= 0.6 is 0 Å². The van der Waals surface area contributed by atoms with Crippen LogP contribution in [0.1, 0.15) is 47.3 Å². The summed E-state index contributed by atoms with van der Waals surface area (Å²) in [5.74, 6) is 0.742. The summed E-state index contributed by atoms with van der Waals surface area (Å²) in [6.07, 6.45) is 2.84. The normalized spacial score (nSPS) is 16.5. The maximum Gasteiger partial charge on any atom is 0.205 e. The lowest BCUT2D eigenvalue weighted by Crippen LogP contribution is -2.33. The highest BCUT2D eigenvalue weighted by Crippen LogP contribution is 2.40. The van der Waals surface area contributed by atoms with Gasteiger partial charge in [0.2, 0.25) is 5.78 Å². The van der Waals surface area contributed by atoms with Gasteiger partial charge in [0.05, 0.1) is 6.04 Å². The lowest BCUT2D eigenvalue weighted by atomic mass is 9.95. The van der Waals surface area contributed by atoms with Crippen LogP contribution in [0.25, 0.3) is 11.1 Å². The Labute approximate surface area is 201 Å². The number of ketones is 1. The van der Waals surface area contributed by atoms with Gasteiger partial charge in [0, 0.05) is 16.8 Å². The van der Waals surface area contributed by atoms with E-state index in [0.29, 0.717) is 5.56 Å². The third-order valence-electron chi connectivity index (χ3n) is 6.44. The number of fused-ring (bicyclic) bond motifs is 1. The molecule has 4 aromatic rings. The summed E-state index contributed by atoms with van der Waals surface area (Å²) in [6, 6.07) is 34.2. The number of Topliss-reactive ketones (excluding diaryl/α,β-unsaturated/α-hetero) is 1. The van der Waals surface area contributed by atoms with E-state index in [2.05, 4.69) is 48.6 Å². The molecule has 34 heavy (non-hydrogen) atoms. The Hall–Kier alpha value is -3.85. The van der Waals surface area contributed by atoms with Gasteiger partial charge in [0.1, 0.15) is 5.75 Å². The molecule has 0 aliphatic carbocycles. The Morgan fingerprint density at radius 2 is 1.47 bits per heavy atom. The molecule has 170 valence electrons. The van der Waals surface area contributed by atoms with Gasteiger partial charge >= 0.3 is 0 Å². The minimum absolute atomic E-state index is 0.0205. The van der Waals surface area contributed by atoms with Crippen LogP contribution in [0.4, 0.5) is 5.69 Å². The average Bonchev–Trinajstić information content (AvgIpc) is 3.27. The molecular formula is C31H29NO2. The van der Waals surface area contributed by atoms with Gasteiger partial charge in [-0.25, -0.2) is 0 Å². The zero-order chi connectivity index (χ0) is 23.3. The topological polar surface area (TPSA) is 38.3 Å². The van der Waals surface area contributed by atoms with E-state index in [-0.39, 0.29) is 11.8 Å². The number of hydrogen-bond acceptors (Lipinski definition) is 3. The van der Waals surface area contributed by atoms with Crippen molar-refractivity contribution < 1.29 is 9.53 Å². The van der Waals surface area contributed by atoms with Crippen LogP contribution in [0.5, 0.6) is 5.75 Å². The van der Waals surface area contributed by atoms with Gasteiger partial charge in [-0.2, -0.15) is 0 Å². The second kappa shape index (κ2) is 9.96. The summed E-state index contributed by atoms with van der Waals surface area (Å²) in [7, 11) is 0. The molecule has 1 N–H and O–H groups in total. The second-order valence-electron chi connectivity index (χ2n) is 8.81. The summed E-state index contributed by atoms with van der Waals surface area (Å²) in [4.78, 5) is 13.6. The summed E-state index contributed by atoms with van der Waals surface area (Å²) < 4.78 is 6.19. The van der Waals surface area contributed by atoms with Crippen molar-refractivity contribution in [3.63, 3.8) is 0 Å². The van der Waals surface area contributed by atoms with E-state index in [0.717, 1.165) is 34.5 Å². The lowest BCUT2D eigenvalue weighted by molar-refractivity contribution is 0.0802. The van der Waals surface area contributed by atoms with Crippen molar-refractivity contribution in [1.29, 1.82) is 0 Å². The highest BCUT2D eigenvalue weighted by molar-refractivity contribution is 6.01. The molecule has 1 heterocycles. The van der Waals surface area contributed by atoms with Crippen molar-refractivity contribution in [3.8, 4) is 16.9 Å². The zero-order valence-corrected chi connectivity index (χ0v) is 19.4. The number of unbranched alkanes of at least 4 members (excludes halogenated alkanes) is 1.